The number of hydrogen-bond acceptors (Lipinski definition) is 3. The van der Waals surface area contributed by atoms with Gasteiger partial charge in [-0.05, 0) is 24.1 Å². The van der Waals surface area contributed by atoms with Gasteiger partial charge in [0.1, 0.15) is 5.82 Å². The molecule has 108 valence electrons. The lowest BCUT2D eigenvalue weighted by Crippen LogP contribution is -2.17. The summed E-state index contributed by atoms with van der Waals surface area (Å²) in [6.45, 7) is 1.61. The smallest absolute Gasteiger partial charge is 0.338 e. The van der Waals surface area contributed by atoms with Crippen LogP contribution in [0, 0.1) is 11.7 Å². The Morgan fingerprint density at radius 3 is 2.45 bits per heavy atom. The van der Waals surface area contributed by atoms with Gasteiger partial charge in [-0.25, -0.2) is 9.18 Å². The Kier molecular flexibility index (Phi) is 5.19. The molecular weight excluding hydrogens is 269 g/mol. The van der Waals surface area contributed by atoms with Crippen LogP contribution >= 0.6 is 0 Å². The molecule has 0 aliphatic carbocycles. The summed E-state index contributed by atoms with van der Waals surface area (Å²) in [5.74, 6) is -4.14. The number of aliphatic carboxylic acids is 1. The van der Waals surface area contributed by atoms with Gasteiger partial charge in [-0.1, -0.05) is 6.92 Å². The van der Waals surface area contributed by atoms with Gasteiger partial charge in [0, 0.05) is 18.5 Å². The van der Waals surface area contributed by atoms with Crippen LogP contribution in [0.15, 0.2) is 18.2 Å². The van der Waals surface area contributed by atoms with E-state index in [9.17, 15) is 18.8 Å². The van der Waals surface area contributed by atoms with Crippen LogP contribution in [-0.4, -0.2) is 28.1 Å². The van der Waals surface area contributed by atoms with Crippen molar-refractivity contribution in [1.82, 2.24) is 0 Å². The fraction of sp³-hybridized carbons (Fsp3) is 0.308. The molecule has 3 N–H and O–H groups in total. The van der Waals surface area contributed by atoms with Crippen LogP contribution in [-0.2, 0) is 9.59 Å². The van der Waals surface area contributed by atoms with Gasteiger partial charge in [-0.3, -0.25) is 9.59 Å². The first-order valence-corrected chi connectivity index (χ1v) is 5.84. The molecule has 0 heterocycles. The van der Waals surface area contributed by atoms with Gasteiger partial charge in [-0.15, -0.1) is 0 Å². The minimum Gasteiger partial charge on any atom is -0.481 e. The van der Waals surface area contributed by atoms with Crippen LogP contribution in [0.3, 0.4) is 0 Å². The first kappa shape index (κ1) is 15.6. The molecule has 7 heteroatoms. The van der Waals surface area contributed by atoms with Gasteiger partial charge in [-0.2, -0.15) is 0 Å². The van der Waals surface area contributed by atoms with Crippen molar-refractivity contribution in [3.63, 3.8) is 0 Å². The largest absolute Gasteiger partial charge is 0.481 e. The van der Waals surface area contributed by atoms with Crippen molar-refractivity contribution in [2.24, 2.45) is 5.92 Å². The number of nitrogens with one attached hydrogen (secondary N) is 1. The van der Waals surface area contributed by atoms with Gasteiger partial charge in [0.25, 0.3) is 0 Å². The molecule has 1 aromatic carbocycles. The minimum atomic E-state index is -1.43. The molecule has 6 nitrogen and oxygen atoms in total. The molecule has 1 aromatic rings. The number of hydrogen-bond donors (Lipinski definition) is 3. The van der Waals surface area contributed by atoms with E-state index in [2.05, 4.69) is 5.32 Å². The second-order valence-corrected chi connectivity index (χ2v) is 4.46. The van der Waals surface area contributed by atoms with E-state index in [0.717, 1.165) is 12.1 Å². The Bertz CT molecular complexity index is 544. The maximum absolute atomic E-state index is 13.2. The fourth-order valence-corrected chi connectivity index (χ4v) is 1.67. The molecule has 0 radical (unpaired) electrons. The average Bonchev–Trinajstić information content (AvgIpc) is 2.29. The SMILES string of the molecule is CC(CC(=O)O)CC(=O)Nc1ccc(F)c(C(=O)O)c1. The van der Waals surface area contributed by atoms with E-state index in [1.165, 1.54) is 6.07 Å². The average molecular weight is 283 g/mol. The third-order valence-corrected chi connectivity index (χ3v) is 2.54. The van der Waals surface area contributed by atoms with E-state index in [1.807, 2.05) is 0 Å². The molecule has 0 aromatic heterocycles. The molecule has 0 saturated carbocycles. The van der Waals surface area contributed by atoms with E-state index in [4.69, 9.17) is 10.2 Å². The molecule has 0 spiro atoms. The quantitative estimate of drug-likeness (QED) is 0.740. The number of carbonyl (C=O) groups excluding carboxylic acids is 1. The molecule has 1 rings (SSSR count). The third-order valence-electron chi connectivity index (χ3n) is 2.54. The van der Waals surface area contributed by atoms with Crippen LogP contribution < -0.4 is 5.32 Å². The van der Waals surface area contributed by atoms with Gasteiger partial charge in [0.05, 0.1) is 5.56 Å². The first-order valence-electron chi connectivity index (χ1n) is 5.84. The van der Waals surface area contributed by atoms with E-state index >= 15 is 0 Å². The highest BCUT2D eigenvalue weighted by atomic mass is 19.1. The zero-order valence-electron chi connectivity index (χ0n) is 10.7. The van der Waals surface area contributed by atoms with Gasteiger partial charge >= 0.3 is 11.9 Å². The standard InChI is InChI=1S/C13H14FNO5/c1-7(5-12(17)18)4-11(16)15-8-2-3-10(14)9(6-8)13(19)20/h2-3,6-7H,4-5H2,1H3,(H,15,16)(H,17,18)(H,19,20). The Labute approximate surface area is 114 Å². The lowest BCUT2D eigenvalue weighted by Gasteiger charge is -2.10. The number of rotatable bonds is 6. The van der Waals surface area contributed by atoms with Crippen molar-refractivity contribution < 1.29 is 29.0 Å². The van der Waals surface area contributed by atoms with E-state index in [1.54, 1.807) is 6.92 Å². The highest BCUT2D eigenvalue weighted by Crippen LogP contribution is 2.16. The normalized spacial score (nSPS) is 11.7. The number of halogens is 1. The molecule has 1 amide bonds. The summed E-state index contributed by atoms with van der Waals surface area (Å²) in [6.07, 6.45) is -0.163. The zero-order chi connectivity index (χ0) is 15.3. The lowest BCUT2D eigenvalue weighted by atomic mass is 10.0. The number of carboxylic acids is 2. The van der Waals surface area contributed by atoms with Crippen LogP contribution in [0.1, 0.15) is 30.1 Å². The summed E-state index contributed by atoms with van der Waals surface area (Å²) in [6, 6.07) is 3.19. The molecular formula is C13H14FNO5. The summed E-state index contributed by atoms with van der Waals surface area (Å²) >= 11 is 0. The first-order chi connectivity index (χ1) is 9.29. The zero-order valence-corrected chi connectivity index (χ0v) is 10.7. The number of anilines is 1. The molecule has 0 saturated heterocycles. The van der Waals surface area contributed by atoms with E-state index in [0.29, 0.717) is 0 Å². The number of carboxylic acid groups (broad SMARTS) is 2. The molecule has 0 aliphatic heterocycles. The Morgan fingerprint density at radius 1 is 1.25 bits per heavy atom. The lowest BCUT2D eigenvalue weighted by molar-refractivity contribution is -0.138. The Balaban J connectivity index is 2.69. The van der Waals surface area contributed by atoms with Gasteiger partial charge in [0.15, 0.2) is 0 Å². The van der Waals surface area contributed by atoms with Gasteiger partial charge < -0.3 is 15.5 Å². The monoisotopic (exact) mass is 283 g/mol. The predicted octanol–water partition coefficient (Wildman–Crippen LogP) is 1.96. The van der Waals surface area contributed by atoms with Crippen molar-refractivity contribution in [1.29, 1.82) is 0 Å². The maximum atomic E-state index is 13.2. The van der Waals surface area contributed by atoms with Crippen molar-refractivity contribution in [2.45, 2.75) is 19.8 Å². The van der Waals surface area contributed by atoms with Crippen molar-refractivity contribution in [3.8, 4) is 0 Å². The molecule has 0 fully saturated rings. The number of carbonyl (C=O) groups is 3. The second kappa shape index (κ2) is 6.65. The summed E-state index contributed by atoms with van der Waals surface area (Å²) < 4.78 is 13.2. The van der Waals surface area contributed by atoms with E-state index < -0.39 is 29.2 Å². The molecule has 1 unspecified atom stereocenters. The second-order valence-electron chi connectivity index (χ2n) is 4.46. The number of benzene rings is 1. The topological polar surface area (TPSA) is 104 Å². The van der Waals surface area contributed by atoms with Gasteiger partial charge in [0.2, 0.25) is 5.91 Å². The van der Waals surface area contributed by atoms with Crippen molar-refractivity contribution >= 4 is 23.5 Å². The van der Waals surface area contributed by atoms with Crippen molar-refractivity contribution in [2.75, 3.05) is 5.32 Å². The van der Waals surface area contributed by atoms with Crippen LogP contribution in [0.25, 0.3) is 0 Å². The minimum absolute atomic E-state index is 0.0217. The van der Waals surface area contributed by atoms with Crippen LogP contribution in [0.5, 0.6) is 0 Å². The summed E-state index contributed by atoms with van der Waals surface area (Å²) in [5, 5.41) is 19.7. The summed E-state index contributed by atoms with van der Waals surface area (Å²) in [4.78, 5) is 32.8. The predicted molar refractivity (Wildman–Crippen MR) is 68.0 cm³/mol. The Morgan fingerprint density at radius 2 is 1.90 bits per heavy atom. The van der Waals surface area contributed by atoms with Crippen molar-refractivity contribution in [3.05, 3.63) is 29.6 Å². The highest BCUT2D eigenvalue weighted by molar-refractivity contribution is 5.94. The third kappa shape index (κ3) is 4.68. The summed E-state index contributed by atoms with van der Waals surface area (Å²) in [5.41, 5.74) is -0.391. The summed E-state index contributed by atoms with van der Waals surface area (Å²) in [7, 11) is 0. The molecule has 0 aliphatic rings. The number of amides is 1. The van der Waals surface area contributed by atoms with Crippen LogP contribution in [0.4, 0.5) is 10.1 Å². The van der Waals surface area contributed by atoms with Crippen LogP contribution in [0.2, 0.25) is 0 Å². The highest BCUT2D eigenvalue weighted by Gasteiger charge is 2.15. The molecule has 0 bridgehead atoms. The number of aromatic carboxylic acids is 1. The molecule has 20 heavy (non-hydrogen) atoms. The molecule has 1 atom stereocenters. The Hall–Kier alpha value is -2.44. The fourth-order valence-electron chi connectivity index (χ4n) is 1.67. The maximum Gasteiger partial charge on any atom is 0.338 e. The van der Waals surface area contributed by atoms with E-state index in [-0.39, 0.29) is 24.4 Å².